The zero-order chi connectivity index (χ0) is 29.3. The first-order valence-electron chi connectivity index (χ1n) is 12.8. The number of rotatable bonds is 7. The number of benzene rings is 3. The van der Waals surface area contributed by atoms with Crippen LogP contribution in [0.1, 0.15) is 42.1 Å². The summed E-state index contributed by atoms with van der Waals surface area (Å²) in [7, 11) is 0. The van der Waals surface area contributed by atoms with Crippen LogP contribution in [0.3, 0.4) is 0 Å². The second-order valence-corrected chi connectivity index (χ2v) is 13.1. The van der Waals surface area contributed by atoms with Crippen LogP contribution in [0.4, 0.5) is 0 Å². The Morgan fingerprint density at radius 3 is 2.41 bits per heavy atom. The Kier molecular flexibility index (Phi) is 9.13. The van der Waals surface area contributed by atoms with Gasteiger partial charge in [-0.2, -0.15) is 0 Å². The van der Waals surface area contributed by atoms with E-state index in [0.717, 1.165) is 35.7 Å². The Morgan fingerprint density at radius 2 is 1.73 bits per heavy atom. The molecule has 210 valence electrons. The number of ether oxygens (including phenoxy) is 2. The molecule has 1 aromatic heterocycles. The van der Waals surface area contributed by atoms with Crippen molar-refractivity contribution in [2.45, 2.75) is 33.4 Å². The predicted molar refractivity (Wildman–Crippen MR) is 172 cm³/mol. The lowest BCUT2D eigenvalue weighted by Crippen LogP contribution is -2.39. The largest absolute Gasteiger partial charge is 0.487 e. The molecule has 2 heterocycles. The fourth-order valence-corrected chi connectivity index (χ4v) is 7.25. The quantitative estimate of drug-likeness (QED) is 0.191. The van der Waals surface area contributed by atoms with Crippen molar-refractivity contribution in [3.63, 3.8) is 0 Å². The lowest BCUT2D eigenvalue weighted by atomic mass is 9.95. The summed E-state index contributed by atoms with van der Waals surface area (Å²) in [5.41, 5.74) is 4.27. The Balaban J connectivity index is 1.64. The molecule has 0 N–H and O–H groups in total. The number of aryl methyl sites for hydroxylation is 1. The van der Waals surface area contributed by atoms with Crippen molar-refractivity contribution < 1.29 is 14.3 Å². The smallest absolute Gasteiger partial charge is 0.338 e. The molecule has 3 aromatic carbocycles. The zero-order valence-electron chi connectivity index (χ0n) is 22.4. The number of thiazole rings is 1. The fourth-order valence-electron chi connectivity index (χ4n) is 4.57. The molecule has 0 saturated carbocycles. The SMILES string of the molecule is CCOC(=O)C1=C(C)N=c2s/c(=C\c3cc(Br)cc(Br)c3OCc3ccc(Br)cc3)c(=O)n2[C@@H]1c1ccc(C)cc1. The minimum atomic E-state index is -0.657. The number of halogens is 3. The third kappa shape index (κ3) is 6.35. The number of hydrogen-bond donors (Lipinski definition) is 0. The molecule has 0 fully saturated rings. The highest BCUT2D eigenvalue weighted by atomic mass is 79.9. The van der Waals surface area contributed by atoms with E-state index in [1.54, 1.807) is 18.4 Å². The van der Waals surface area contributed by atoms with Gasteiger partial charge in [-0.05, 0) is 78.2 Å². The molecule has 1 aliphatic rings. The maximum absolute atomic E-state index is 14.0. The molecule has 0 unspecified atom stereocenters. The van der Waals surface area contributed by atoms with E-state index in [1.807, 2.05) is 73.7 Å². The van der Waals surface area contributed by atoms with E-state index in [9.17, 15) is 9.59 Å². The summed E-state index contributed by atoms with van der Waals surface area (Å²) in [5, 5.41) is 0. The van der Waals surface area contributed by atoms with Crippen LogP contribution in [-0.2, 0) is 16.1 Å². The van der Waals surface area contributed by atoms with Gasteiger partial charge in [0.15, 0.2) is 4.80 Å². The summed E-state index contributed by atoms with van der Waals surface area (Å²) in [4.78, 5) is 32.3. The van der Waals surface area contributed by atoms with Crippen LogP contribution < -0.4 is 19.6 Å². The number of carbonyl (C=O) groups is 1. The van der Waals surface area contributed by atoms with Gasteiger partial charge in [0.25, 0.3) is 5.56 Å². The first kappa shape index (κ1) is 29.7. The third-order valence-electron chi connectivity index (χ3n) is 6.53. The summed E-state index contributed by atoms with van der Waals surface area (Å²) in [6.45, 7) is 6.11. The molecule has 0 aliphatic carbocycles. The molecule has 5 rings (SSSR count). The fraction of sp³-hybridized carbons (Fsp3) is 0.194. The minimum absolute atomic E-state index is 0.224. The van der Waals surface area contributed by atoms with E-state index in [0.29, 0.717) is 33.0 Å². The van der Waals surface area contributed by atoms with Gasteiger partial charge in [0.1, 0.15) is 12.4 Å². The lowest BCUT2D eigenvalue weighted by molar-refractivity contribution is -0.139. The number of esters is 1. The summed E-state index contributed by atoms with van der Waals surface area (Å²) in [6, 6.07) is 18.9. The molecular formula is C31H25Br3N2O4S. The van der Waals surface area contributed by atoms with Crippen LogP contribution in [0.2, 0.25) is 0 Å². The molecule has 0 saturated heterocycles. The molecule has 1 atom stereocenters. The van der Waals surface area contributed by atoms with Crippen molar-refractivity contribution in [2.24, 2.45) is 4.99 Å². The normalized spacial score (nSPS) is 15.0. The van der Waals surface area contributed by atoms with Crippen molar-refractivity contribution in [1.82, 2.24) is 4.57 Å². The van der Waals surface area contributed by atoms with Gasteiger partial charge in [0.2, 0.25) is 0 Å². The molecule has 1 aliphatic heterocycles. The van der Waals surface area contributed by atoms with Gasteiger partial charge in [-0.3, -0.25) is 9.36 Å². The maximum Gasteiger partial charge on any atom is 0.338 e. The highest BCUT2D eigenvalue weighted by molar-refractivity contribution is 9.11. The number of carbonyl (C=O) groups excluding carboxylic acids is 1. The molecule has 41 heavy (non-hydrogen) atoms. The molecule has 0 spiro atoms. The average Bonchev–Trinajstić information content (AvgIpc) is 3.23. The van der Waals surface area contributed by atoms with E-state index < -0.39 is 12.0 Å². The number of hydrogen-bond acceptors (Lipinski definition) is 6. The highest BCUT2D eigenvalue weighted by Gasteiger charge is 2.33. The summed E-state index contributed by atoms with van der Waals surface area (Å²) < 4.78 is 16.3. The molecular weight excluding hydrogens is 736 g/mol. The van der Waals surface area contributed by atoms with E-state index in [2.05, 4.69) is 52.8 Å². The maximum atomic E-state index is 14.0. The van der Waals surface area contributed by atoms with Crippen molar-refractivity contribution in [3.05, 3.63) is 127 Å². The Morgan fingerprint density at radius 1 is 1.02 bits per heavy atom. The second kappa shape index (κ2) is 12.6. The van der Waals surface area contributed by atoms with Crippen molar-refractivity contribution >= 4 is 71.2 Å². The molecule has 0 radical (unpaired) electrons. The summed E-state index contributed by atoms with van der Waals surface area (Å²) in [6.07, 6.45) is 1.81. The van der Waals surface area contributed by atoms with Crippen LogP contribution in [-0.4, -0.2) is 17.1 Å². The number of nitrogens with zero attached hydrogens (tertiary/aromatic N) is 2. The number of aromatic nitrogens is 1. The predicted octanol–water partition coefficient (Wildman–Crippen LogP) is 6.97. The van der Waals surface area contributed by atoms with Gasteiger partial charge in [-0.15, -0.1) is 0 Å². The summed E-state index contributed by atoms with van der Waals surface area (Å²) >= 11 is 11.9. The highest BCUT2D eigenvalue weighted by Crippen LogP contribution is 2.35. The van der Waals surface area contributed by atoms with Crippen LogP contribution in [0.15, 0.2) is 95.1 Å². The van der Waals surface area contributed by atoms with Gasteiger partial charge in [0, 0.05) is 14.5 Å². The Hall–Kier alpha value is -2.79. The Bertz CT molecular complexity index is 1840. The zero-order valence-corrected chi connectivity index (χ0v) is 28.0. The first-order chi connectivity index (χ1) is 19.7. The van der Waals surface area contributed by atoms with Gasteiger partial charge in [0.05, 0.1) is 32.9 Å². The molecule has 10 heteroatoms. The van der Waals surface area contributed by atoms with E-state index in [4.69, 9.17) is 9.47 Å². The van der Waals surface area contributed by atoms with Gasteiger partial charge >= 0.3 is 5.97 Å². The number of allylic oxidation sites excluding steroid dienone is 1. The van der Waals surface area contributed by atoms with Crippen LogP contribution in [0.5, 0.6) is 5.75 Å². The Labute approximate surface area is 266 Å². The van der Waals surface area contributed by atoms with Crippen LogP contribution in [0, 0.1) is 6.92 Å². The molecule has 0 amide bonds. The number of fused-ring (bicyclic) bond motifs is 1. The van der Waals surface area contributed by atoms with E-state index >= 15 is 0 Å². The minimum Gasteiger partial charge on any atom is -0.487 e. The van der Waals surface area contributed by atoms with Crippen LogP contribution >= 0.6 is 59.1 Å². The molecule has 6 nitrogen and oxygen atoms in total. The van der Waals surface area contributed by atoms with Crippen molar-refractivity contribution in [1.29, 1.82) is 0 Å². The van der Waals surface area contributed by atoms with Gasteiger partial charge in [-0.1, -0.05) is 85.2 Å². The van der Waals surface area contributed by atoms with Crippen molar-refractivity contribution in [3.8, 4) is 5.75 Å². The first-order valence-corrected chi connectivity index (χ1v) is 16.0. The monoisotopic (exact) mass is 758 g/mol. The second-order valence-electron chi connectivity index (χ2n) is 9.43. The van der Waals surface area contributed by atoms with Gasteiger partial charge in [-0.25, -0.2) is 9.79 Å². The van der Waals surface area contributed by atoms with Crippen LogP contribution in [0.25, 0.3) is 6.08 Å². The average molecular weight is 761 g/mol. The molecule has 4 aromatic rings. The van der Waals surface area contributed by atoms with E-state index in [1.165, 1.54) is 11.3 Å². The standard InChI is InChI=1S/C31H25Br3N2O4S/c1-4-39-30(38)26-18(3)35-31-36(27(26)20-9-5-17(2)6-10-20)29(37)25(41-31)14-21-13-23(33)15-24(34)28(21)40-16-19-7-11-22(32)12-8-19/h5-15,27H,4,16H2,1-3H3/b25-14-/t27-/m1/s1. The van der Waals surface area contributed by atoms with E-state index in [-0.39, 0.29) is 12.2 Å². The summed E-state index contributed by atoms with van der Waals surface area (Å²) in [5.74, 6) is 0.133. The van der Waals surface area contributed by atoms with Crippen molar-refractivity contribution in [2.75, 3.05) is 6.61 Å². The third-order valence-corrected chi connectivity index (χ3v) is 9.09. The van der Waals surface area contributed by atoms with Gasteiger partial charge < -0.3 is 9.47 Å². The molecule has 0 bridgehead atoms. The topological polar surface area (TPSA) is 69.9 Å². The lowest BCUT2D eigenvalue weighted by Gasteiger charge is -2.24.